The minimum absolute atomic E-state index is 0.0581. The smallest absolute Gasteiger partial charge is 0.332 e. The number of rotatable bonds is 8. The van der Waals surface area contributed by atoms with Crippen LogP contribution >= 0.6 is 0 Å². The van der Waals surface area contributed by atoms with Gasteiger partial charge in [-0.25, -0.2) is 4.79 Å². The van der Waals surface area contributed by atoms with Gasteiger partial charge >= 0.3 is 5.69 Å². The van der Waals surface area contributed by atoms with Gasteiger partial charge in [0.2, 0.25) is 11.5 Å². The van der Waals surface area contributed by atoms with E-state index in [0.29, 0.717) is 40.1 Å². The Labute approximate surface area is 189 Å². The number of nitrogens with zero attached hydrogens (tertiary/aromatic N) is 2. The second-order valence-electron chi connectivity index (χ2n) is 7.60. The Morgan fingerprint density at radius 3 is 2.39 bits per heavy atom. The Balaban J connectivity index is 1.80. The summed E-state index contributed by atoms with van der Waals surface area (Å²) in [6.45, 7) is 1.92. The molecule has 0 saturated carbocycles. The molecule has 33 heavy (non-hydrogen) atoms. The number of methoxy groups -OCH3 is 2. The van der Waals surface area contributed by atoms with Gasteiger partial charge in [0.15, 0.2) is 0 Å². The number of benzene rings is 2. The van der Waals surface area contributed by atoms with Gasteiger partial charge in [-0.15, -0.1) is 0 Å². The lowest BCUT2D eigenvalue weighted by Crippen LogP contribution is -2.41. The molecule has 0 bridgehead atoms. The van der Waals surface area contributed by atoms with Crippen LogP contribution in [0.4, 0.5) is 5.69 Å². The van der Waals surface area contributed by atoms with Crippen molar-refractivity contribution in [2.75, 3.05) is 19.5 Å². The number of fused-ring (bicyclic) bond motifs is 3. The first-order valence-corrected chi connectivity index (χ1v) is 10.6. The molecule has 0 fully saturated rings. The summed E-state index contributed by atoms with van der Waals surface area (Å²) in [4.78, 5) is 39.3. The van der Waals surface area contributed by atoms with Crippen molar-refractivity contribution in [2.45, 2.75) is 32.9 Å². The van der Waals surface area contributed by atoms with E-state index in [1.807, 2.05) is 6.92 Å². The maximum absolute atomic E-state index is 13.3. The van der Waals surface area contributed by atoms with E-state index in [9.17, 15) is 14.4 Å². The molecule has 0 aliphatic heterocycles. The molecule has 9 nitrogen and oxygen atoms in total. The van der Waals surface area contributed by atoms with Gasteiger partial charge < -0.3 is 19.2 Å². The molecule has 1 N–H and O–H groups in total. The molecule has 2 heterocycles. The lowest BCUT2D eigenvalue weighted by atomic mass is 10.2. The van der Waals surface area contributed by atoms with E-state index in [1.165, 1.54) is 18.8 Å². The largest absolute Gasteiger partial charge is 0.497 e. The van der Waals surface area contributed by atoms with Crippen molar-refractivity contribution in [1.29, 1.82) is 0 Å². The van der Waals surface area contributed by atoms with Crippen LogP contribution in [0.2, 0.25) is 0 Å². The fourth-order valence-corrected chi connectivity index (χ4v) is 3.78. The first-order chi connectivity index (χ1) is 16.0. The van der Waals surface area contributed by atoms with Crippen LogP contribution in [0.1, 0.15) is 19.8 Å². The van der Waals surface area contributed by atoms with Gasteiger partial charge in [-0.1, -0.05) is 25.5 Å². The predicted molar refractivity (Wildman–Crippen MR) is 125 cm³/mol. The molecule has 0 unspecified atom stereocenters. The molecule has 0 spiro atoms. The number of nitrogens with one attached hydrogen (secondary N) is 1. The molecule has 4 aromatic rings. The third-order valence-corrected chi connectivity index (χ3v) is 5.41. The summed E-state index contributed by atoms with van der Waals surface area (Å²) in [5.74, 6) is 0.580. The van der Waals surface area contributed by atoms with Crippen molar-refractivity contribution in [3.63, 3.8) is 0 Å². The maximum atomic E-state index is 13.3. The number of ether oxygens (including phenoxy) is 2. The standard InChI is InChI=1S/C24H25N3O6/c1-4-5-10-26-23(29)22-21(18-8-6-7-9-19(18)33-22)27(24(26)30)14-20(28)25-15-11-16(31-2)13-17(12-15)32-3/h6-9,11-13H,4-5,10,14H2,1-3H3,(H,25,28). The van der Waals surface area contributed by atoms with Crippen molar-refractivity contribution in [3.05, 3.63) is 63.3 Å². The normalized spacial score (nSPS) is 11.1. The van der Waals surface area contributed by atoms with Crippen molar-refractivity contribution in [2.24, 2.45) is 0 Å². The van der Waals surface area contributed by atoms with Crippen LogP contribution in [-0.2, 0) is 17.9 Å². The van der Waals surface area contributed by atoms with Crippen molar-refractivity contribution >= 4 is 33.7 Å². The van der Waals surface area contributed by atoms with Gasteiger partial charge in [0.25, 0.3) is 5.56 Å². The second-order valence-corrected chi connectivity index (χ2v) is 7.60. The van der Waals surface area contributed by atoms with Gasteiger partial charge in [0.05, 0.1) is 14.2 Å². The zero-order valence-electron chi connectivity index (χ0n) is 18.7. The first kappa shape index (κ1) is 22.2. The average molecular weight is 451 g/mol. The molecule has 0 saturated heterocycles. The number of unbranched alkanes of at least 4 members (excludes halogenated alkanes) is 1. The number of aromatic nitrogens is 2. The molecule has 9 heteroatoms. The molecular formula is C24H25N3O6. The molecular weight excluding hydrogens is 426 g/mol. The minimum Gasteiger partial charge on any atom is -0.497 e. The number of carbonyl (C=O) groups excluding carboxylic acids is 1. The van der Waals surface area contributed by atoms with E-state index in [0.717, 1.165) is 11.0 Å². The molecule has 0 aliphatic rings. The Hall–Kier alpha value is -4.01. The van der Waals surface area contributed by atoms with Crippen molar-refractivity contribution in [1.82, 2.24) is 9.13 Å². The number of para-hydroxylation sites is 1. The molecule has 0 atom stereocenters. The highest BCUT2D eigenvalue weighted by atomic mass is 16.5. The summed E-state index contributed by atoms with van der Waals surface area (Å²) in [5, 5.41) is 3.37. The van der Waals surface area contributed by atoms with E-state index in [1.54, 1.807) is 42.5 Å². The summed E-state index contributed by atoms with van der Waals surface area (Å²) in [6.07, 6.45) is 1.46. The number of carbonyl (C=O) groups is 1. The van der Waals surface area contributed by atoms with Crippen LogP contribution in [0.25, 0.3) is 22.1 Å². The number of amides is 1. The van der Waals surface area contributed by atoms with Crippen molar-refractivity contribution < 1.29 is 18.7 Å². The highest BCUT2D eigenvalue weighted by molar-refractivity contribution is 6.03. The van der Waals surface area contributed by atoms with Gasteiger partial charge in [-0.05, 0) is 18.6 Å². The highest BCUT2D eigenvalue weighted by Gasteiger charge is 2.21. The molecule has 2 aromatic heterocycles. The van der Waals surface area contributed by atoms with Crippen LogP contribution in [-0.4, -0.2) is 29.3 Å². The van der Waals surface area contributed by atoms with Crippen LogP contribution in [0.3, 0.4) is 0 Å². The third kappa shape index (κ3) is 4.21. The lowest BCUT2D eigenvalue weighted by molar-refractivity contribution is -0.116. The van der Waals surface area contributed by atoms with E-state index in [2.05, 4.69) is 5.32 Å². The van der Waals surface area contributed by atoms with Crippen molar-refractivity contribution in [3.8, 4) is 11.5 Å². The minimum atomic E-state index is -0.550. The summed E-state index contributed by atoms with van der Waals surface area (Å²) < 4.78 is 18.7. The van der Waals surface area contributed by atoms with Gasteiger partial charge in [-0.3, -0.25) is 18.7 Å². The Morgan fingerprint density at radius 1 is 1.03 bits per heavy atom. The van der Waals surface area contributed by atoms with E-state index < -0.39 is 17.2 Å². The zero-order valence-corrected chi connectivity index (χ0v) is 18.7. The van der Waals surface area contributed by atoms with Gasteiger partial charge in [-0.2, -0.15) is 0 Å². The Bertz CT molecular complexity index is 1420. The second kappa shape index (κ2) is 9.23. The summed E-state index contributed by atoms with van der Waals surface area (Å²) >= 11 is 0. The summed E-state index contributed by atoms with van der Waals surface area (Å²) in [6, 6.07) is 12.0. The number of anilines is 1. The fraction of sp³-hybridized carbons (Fsp3) is 0.292. The van der Waals surface area contributed by atoms with Crippen LogP contribution < -0.4 is 26.0 Å². The fourth-order valence-electron chi connectivity index (χ4n) is 3.78. The number of hydrogen-bond donors (Lipinski definition) is 1. The zero-order chi connectivity index (χ0) is 23.5. The predicted octanol–water partition coefficient (Wildman–Crippen LogP) is 3.37. The number of hydrogen-bond acceptors (Lipinski definition) is 6. The lowest BCUT2D eigenvalue weighted by Gasteiger charge is -2.13. The third-order valence-electron chi connectivity index (χ3n) is 5.41. The SMILES string of the molecule is CCCCn1c(=O)c2oc3ccccc3c2n(CC(=O)Nc2cc(OC)cc(OC)c2)c1=O. The van der Waals surface area contributed by atoms with Crippen LogP contribution in [0.15, 0.2) is 56.5 Å². The highest BCUT2D eigenvalue weighted by Crippen LogP contribution is 2.27. The molecule has 4 rings (SSSR count). The number of furan rings is 1. The molecule has 0 radical (unpaired) electrons. The summed E-state index contributed by atoms with van der Waals surface area (Å²) in [5.41, 5.74) is 0.259. The monoisotopic (exact) mass is 451 g/mol. The first-order valence-electron chi connectivity index (χ1n) is 10.6. The topological polar surface area (TPSA) is 105 Å². The summed E-state index contributed by atoms with van der Waals surface area (Å²) in [7, 11) is 3.03. The van der Waals surface area contributed by atoms with Gasteiger partial charge in [0, 0.05) is 35.8 Å². The quantitative estimate of drug-likeness (QED) is 0.440. The van der Waals surface area contributed by atoms with Crippen LogP contribution in [0.5, 0.6) is 11.5 Å². The molecule has 1 amide bonds. The molecule has 2 aromatic carbocycles. The average Bonchev–Trinajstić information content (AvgIpc) is 3.21. The van der Waals surface area contributed by atoms with Gasteiger partial charge in [0.1, 0.15) is 29.1 Å². The van der Waals surface area contributed by atoms with Crippen LogP contribution in [0, 0.1) is 0 Å². The molecule has 0 aliphatic carbocycles. The van der Waals surface area contributed by atoms with E-state index >= 15 is 0 Å². The van der Waals surface area contributed by atoms with E-state index in [-0.39, 0.29) is 18.7 Å². The maximum Gasteiger partial charge on any atom is 0.332 e. The van der Waals surface area contributed by atoms with E-state index in [4.69, 9.17) is 13.9 Å². The Kier molecular flexibility index (Phi) is 6.21. The Morgan fingerprint density at radius 2 is 1.73 bits per heavy atom. The molecule has 172 valence electrons.